The lowest BCUT2D eigenvalue weighted by Crippen LogP contribution is -2.09. The molecule has 0 saturated heterocycles. The average Bonchev–Trinajstić information content (AvgIpc) is 2.65. The first kappa shape index (κ1) is 11.3. The number of rotatable bonds is 7. The van der Waals surface area contributed by atoms with E-state index in [4.69, 9.17) is 4.42 Å². The van der Waals surface area contributed by atoms with Gasteiger partial charge in [0.15, 0.2) is 0 Å². The third kappa shape index (κ3) is 4.47. The van der Waals surface area contributed by atoms with Crippen LogP contribution in [0, 0.1) is 0 Å². The van der Waals surface area contributed by atoms with E-state index in [2.05, 4.69) is 6.92 Å². The standard InChI is InChI=1S/C12H20O2/c1-2-3-4-5-7-11(13)10-12-8-6-9-14-12/h6,8-9,11,13H,2-5,7,10H2,1H3. The number of hydrogen-bond acceptors (Lipinski definition) is 2. The predicted molar refractivity (Wildman–Crippen MR) is 57.2 cm³/mol. The Labute approximate surface area is 85.9 Å². The van der Waals surface area contributed by atoms with Gasteiger partial charge in [-0.25, -0.2) is 0 Å². The molecule has 1 N–H and O–H groups in total. The smallest absolute Gasteiger partial charge is 0.106 e. The molecule has 1 unspecified atom stereocenters. The highest BCUT2D eigenvalue weighted by molar-refractivity contribution is 4.99. The third-order valence-electron chi connectivity index (χ3n) is 2.41. The Kier molecular flexibility index (Phi) is 5.38. The Balaban J connectivity index is 2.07. The zero-order chi connectivity index (χ0) is 10.2. The molecule has 80 valence electrons. The van der Waals surface area contributed by atoms with Crippen LogP contribution < -0.4 is 0 Å². The minimum atomic E-state index is -0.238. The molecule has 0 bridgehead atoms. The molecule has 1 aromatic heterocycles. The maximum absolute atomic E-state index is 9.66. The maximum atomic E-state index is 9.66. The zero-order valence-electron chi connectivity index (χ0n) is 8.91. The van der Waals surface area contributed by atoms with E-state index in [0.717, 1.165) is 18.6 Å². The Bertz CT molecular complexity index is 216. The number of aliphatic hydroxyl groups is 1. The van der Waals surface area contributed by atoms with Crippen molar-refractivity contribution < 1.29 is 9.52 Å². The van der Waals surface area contributed by atoms with Crippen LogP contribution in [-0.2, 0) is 6.42 Å². The molecule has 1 heterocycles. The molecule has 0 amide bonds. The summed E-state index contributed by atoms with van der Waals surface area (Å²) in [6.07, 6.45) is 7.82. The lowest BCUT2D eigenvalue weighted by atomic mass is 10.1. The molecule has 2 heteroatoms. The van der Waals surface area contributed by atoms with Crippen LogP contribution in [0.25, 0.3) is 0 Å². The Morgan fingerprint density at radius 1 is 1.36 bits per heavy atom. The van der Waals surface area contributed by atoms with Gasteiger partial charge in [0.25, 0.3) is 0 Å². The first-order chi connectivity index (χ1) is 6.83. The molecule has 2 nitrogen and oxygen atoms in total. The summed E-state index contributed by atoms with van der Waals surface area (Å²) in [7, 11) is 0. The van der Waals surface area contributed by atoms with Gasteiger partial charge in [-0.15, -0.1) is 0 Å². The molecule has 0 aliphatic rings. The van der Waals surface area contributed by atoms with Crippen molar-refractivity contribution in [2.24, 2.45) is 0 Å². The quantitative estimate of drug-likeness (QED) is 0.679. The summed E-state index contributed by atoms with van der Waals surface area (Å²) in [5.41, 5.74) is 0. The Hall–Kier alpha value is -0.760. The fraction of sp³-hybridized carbons (Fsp3) is 0.667. The van der Waals surface area contributed by atoms with Crippen molar-refractivity contribution in [1.29, 1.82) is 0 Å². The summed E-state index contributed by atoms with van der Waals surface area (Å²) >= 11 is 0. The molecular formula is C12H20O2. The van der Waals surface area contributed by atoms with E-state index >= 15 is 0 Å². The lowest BCUT2D eigenvalue weighted by Gasteiger charge is -2.07. The van der Waals surface area contributed by atoms with Crippen molar-refractivity contribution in [2.45, 2.75) is 51.6 Å². The van der Waals surface area contributed by atoms with E-state index in [1.807, 2.05) is 12.1 Å². The highest BCUT2D eigenvalue weighted by Crippen LogP contribution is 2.10. The molecule has 0 saturated carbocycles. The van der Waals surface area contributed by atoms with Gasteiger partial charge >= 0.3 is 0 Å². The summed E-state index contributed by atoms with van der Waals surface area (Å²) in [6, 6.07) is 3.77. The number of aliphatic hydroxyl groups excluding tert-OH is 1. The molecule has 14 heavy (non-hydrogen) atoms. The van der Waals surface area contributed by atoms with Crippen LogP contribution in [0.3, 0.4) is 0 Å². The van der Waals surface area contributed by atoms with Crippen LogP contribution in [0.15, 0.2) is 22.8 Å². The predicted octanol–water partition coefficient (Wildman–Crippen LogP) is 3.15. The molecule has 0 fully saturated rings. The van der Waals surface area contributed by atoms with Crippen molar-refractivity contribution >= 4 is 0 Å². The second-order valence-electron chi connectivity index (χ2n) is 3.79. The molecule has 1 atom stereocenters. The third-order valence-corrected chi connectivity index (χ3v) is 2.41. The van der Waals surface area contributed by atoms with E-state index in [-0.39, 0.29) is 6.10 Å². The van der Waals surface area contributed by atoms with Gasteiger partial charge in [-0.05, 0) is 18.6 Å². The van der Waals surface area contributed by atoms with E-state index in [1.165, 1.54) is 19.3 Å². The molecule has 1 aromatic rings. The van der Waals surface area contributed by atoms with Gasteiger partial charge in [-0.3, -0.25) is 0 Å². The van der Waals surface area contributed by atoms with Crippen molar-refractivity contribution in [1.82, 2.24) is 0 Å². The lowest BCUT2D eigenvalue weighted by molar-refractivity contribution is 0.154. The largest absolute Gasteiger partial charge is 0.469 e. The summed E-state index contributed by atoms with van der Waals surface area (Å²) in [4.78, 5) is 0. The van der Waals surface area contributed by atoms with Crippen LogP contribution in [0.4, 0.5) is 0 Å². The minimum absolute atomic E-state index is 0.238. The summed E-state index contributed by atoms with van der Waals surface area (Å²) in [6.45, 7) is 2.19. The first-order valence-electron chi connectivity index (χ1n) is 5.53. The molecule has 1 rings (SSSR count). The van der Waals surface area contributed by atoms with Crippen molar-refractivity contribution in [2.75, 3.05) is 0 Å². The summed E-state index contributed by atoms with van der Waals surface area (Å²) in [5.74, 6) is 0.882. The van der Waals surface area contributed by atoms with Gasteiger partial charge in [-0.2, -0.15) is 0 Å². The highest BCUT2D eigenvalue weighted by atomic mass is 16.3. The monoisotopic (exact) mass is 196 g/mol. The summed E-state index contributed by atoms with van der Waals surface area (Å²) in [5, 5.41) is 9.66. The minimum Gasteiger partial charge on any atom is -0.469 e. The second kappa shape index (κ2) is 6.66. The topological polar surface area (TPSA) is 33.4 Å². The molecule has 0 radical (unpaired) electrons. The van der Waals surface area contributed by atoms with Crippen molar-refractivity contribution in [3.8, 4) is 0 Å². The van der Waals surface area contributed by atoms with Crippen LogP contribution in [0.5, 0.6) is 0 Å². The maximum Gasteiger partial charge on any atom is 0.106 e. The van der Waals surface area contributed by atoms with Gasteiger partial charge in [-0.1, -0.05) is 32.6 Å². The molecule has 0 aromatic carbocycles. The highest BCUT2D eigenvalue weighted by Gasteiger charge is 2.06. The number of furan rings is 1. The van der Waals surface area contributed by atoms with Crippen LogP contribution >= 0.6 is 0 Å². The van der Waals surface area contributed by atoms with E-state index in [0.29, 0.717) is 6.42 Å². The van der Waals surface area contributed by atoms with Gasteiger partial charge < -0.3 is 9.52 Å². The second-order valence-corrected chi connectivity index (χ2v) is 3.79. The molecule has 0 aliphatic carbocycles. The van der Waals surface area contributed by atoms with Crippen molar-refractivity contribution in [3.05, 3.63) is 24.2 Å². The Morgan fingerprint density at radius 2 is 2.21 bits per heavy atom. The van der Waals surface area contributed by atoms with Gasteiger partial charge in [0, 0.05) is 6.42 Å². The molecule has 0 spiro atoms. The Morgan fingerprint density at radius 3 is 2.86 bits per heavy atom. The number of unbranched alkanes of at least 4 members (excludes halogenated alkanes) is 3. The zero-order valence-corrected chi connectivity index (χ0v) is 8.91. The first-order valence-corrected chi connectivity index (χ1v) is 5.53. The van der Waals surface area contributed by atoms with Crippen LogP contribution in [-0.4, -0.2) is 11.2 Å². The summed E-state index contributed by atoms with van der Waals surface area (Å²) < 4.78 is 5.17. The average molecular weight is 196 g/mol. The fourth-order valence-electron chi connectivity index (χ4n) is 1.57. The SMILES string of the molecule is CCCCCCC(O)Cc1ccco1. The van der Waals surface area contributed by atoms with Gasteiger partial charge in [0.1, 0.15) is 5.76 Å². The normalized spacial score (nSPS) is 13.0. The van der Waals surface area contributed by atoms with E-state index in [1.54, 1.807) is 6.26 Å². The van der Waals surface area contributed by atoms with Gasteiger partial charge in [0.2, 0.25) is 0 Å². The molecule has 0 aliphatic heterocycles. The van der Waals surface area contributed by atoms with Gasteiger partial charge in [0.05, 0.1) is 12.4 Å². The van der Waals surface area contributed by atoms with Crippen molar-refractivity contribution in [3.63, 3.8) is 0 Å². The fourth-order valence-corrected chi connectivity index (χ4v) is 1.57. The van der Waals surface area contributed by atoms with E-state index < -0.39 is 0 Å². The number of hydrogen-bond donors (Lipinski definition) is 1. The molecular weight excluding hydrogens is 176 g/mol. The van der Waals surface area contributed by atoms with Crippen LogP contribution in [0.1, 0.15) is 44.8 Å². The van der Waals surface area contributed by atoms with E-state index in [9.17, 15) is 5.11 Å². The van der Waals surface area contributed by atoms with Crippen LogP contribution in [0.2, 0.25) is 0 Å².